The van der Waals surface area contributed by atoms with E-state index in [4.69, 9.17) is 9.47 Å². The SMILES string of the molecule is CCCCCCCC/C=C\CCCCCCCC(=O)OCC(C)(C)S(=O)(=O)Cc1ccccc1/C=C/C(=O)OCc1ccccc1. The highest BCUT2D eigenvalue weighted by atomic mass is 32.2. The molecular weight excluding hydrogens is 596 g/mol. The third kappa shape index (κ3) is 16.4. The van der Waals surface area contributed by atoms with Gasteiger partial charge in [0.05, 0.1) is 5.75 Å². The molecule has 0 atom stereocenters. The van der Waals surface area contributed by atoms with Crippen LogP contribution in [-0.4, -0.2) is 31.7 Å². The molecule has 2 rings (SSSR count). The molecule has 0 N–H and O–H groups in total. The van der Waals surface area contributed by atoms with Crippen molar-refractivity contribution in [2.24, 2.45) is 0 Å². The number of carbonyl (C=O) groups excluding carboxylic acids is 2. The zero-order valence-electron chi connectivity index (χ0n) is 28.4. The highest BCUT2D eigenvalue weighted by Crippen LogP contribution is 2.25. The predicted octanol–water partition coefficient (Wildman–Crippen LogP) is 9.72. The van der Waals surface area contributed by atoms with E-state index in [0.29, 0.717) is 17.5 Å². The van der Waals surface area contributed by atoms with Crippen LogP contribution in [0.4, 0.5) is 0 Å². The molecule has 2 aromatic carbocycles. The number of rotatable bonds is 24. The fourth-order valence-electron chi connectivity index (χ4n) is 4.92. The van der Waals surface area contributed by atoms with Crippen LogP contribution in [0.3, 0.4) is 0 Å². The maximum absolute atomic E-state index is 13.4. The van der Waals surface area contributed by atoms with Crippen LogP contribution < -0.4 is 0 Å². The summed E-state index contributed by atoms with van der Waals surface area (Å²) >= 11 is 0. The van der Waals surface area contributed by atoms with Crippen molar-refractivity contribution in [3.8, 4) is 0 Å². The molecule has 0 aromatic heterocycles. The van der Waals surface area contributed by atoms with Gasteiger partial charge in [-0.1, -0.05) is 125 Å². The second-order valence-electron chi connectivity index (χ2n) is 12.6. The summed E-state index contributed by atoms with van der Waals surface area (Å²) in [6.45, 7) is 5.36. The largest absolute Gasteiger partial charge is 0.464 e. The number of esters is 2. The van der Waals surface area contributed by atoms with Crippen molar-refractivity contribution < 1.29 is 27.5 Å². The molecule has 0 amide bonds. The molecular formula is C39H56O6S. The summed E-state index contributed by atoms with van der Waals surface area (Å²) in [6.07, 6.45) is 23.2. The molecule has 46 heavy (non-hydrogen) atoms. The Morgan fingerprint density at radius 2 is 1.33 bits per heavy atom. The second-order valence-corrected chi connectivity index (χ2v) is 15.3. The van der Waals surface area contributed by atoms with E-state index in [9.17, 15) is 18.0 Å². The Hall–Kier alpha value is -3.19. The van der Waals surface area contributed by atoms with E-state index in [0.717, 1.165) is 37.7 Å². The van der Waals surface area contributed by atoms with E-state index in [1.807, 2.05) is 30.3 Å². The monoisotopic (exact) mass is 652 g/mol. The van der Waals surface area contributed by atoms with E-state index in [2.05, 4.69) is 19.1 Å². The molecule has 254 valence electrons. The van der Waals surface area contributed by atoms with Gasteiger partial charge in [-0.25, -0.2) is 13.2 Å². The molecule has 0 radical (unpaired) electrons. The number of benzene rings is 2. The van der Waals surface area contributed by atoms with E-state index in [-0.39, 0.29) is 24.9 Å². The minimum absolute atomic E-state index is 0.157. The minimum atomic E-state index is -3.70. The van der Waals surface area contributed by atoms with Gasteiger partial charge in [0.15, 0.2) is 9.84 Å². The van der Waals surface area contributed by atoms with Crippen LogP contribution in [0.2, 0.25) is 0 Å². The Labute approximate surface area is 278 Å². The Morgan fingerprint density at radius 3 is 2.00 bits per heavy atom. The Balaban J connectivity index is 1.67. The number of allylic oxidation sites excluding steroid dienone is 2. The maximum Gasteiger partial charge on any atom is 0.331 e. The lowest BCUT2D eigenvalue weighted by atomic mass is 10.1. The van der Waals surface area contributed by atoms with Gasteiger partial charge < -0.3 is 9.47 Å². The van der Waals surface area contributed by atoms with Crippen LogP contribution in [-0.2, 0) is 41.3 Å². The highest BCUT2D eigenvalue weighted by Gasteiger charge is 2.36. The van der Waals surface area contributed by atoms with Crippen molar-refractivity contribution in [2.45, 2.75) is 128 Å². The number of hydrogen-bond acceptors (Lipinski definition) is 6. The summed E-state index contributed by atoms with van der Waals surface area (Å²) in [5.41, 5.74) is 2.05. The summed E-state index contributed by atoms with van der Waals surface area (Å²) in [7, 11) is -3.70. The van der Waals surface area contributed by atoms with Gasteiger partial charge in [0.25, 0.3) is 0 Å². The van der Waals surface area contributed by atoms with Crippen molar-refractivity contribution in [3.63, 3.8) is 0 Å². The Bertz CT molecular complexity index is 1310. The van der Waals surface area contributed by atoms with E-state index >= 15 is 0 Å². The van der Waals surface area contributed by atoms with Gasteiger partial charge in [0.1, 0.15) is 18.0 Å². The van der Waals surface area contributed by atoms with Gasteiger partial charge in [-0.2, -0.15) is 0 Å². The van der Waals surface area contributed by atoms with Crippen molar-refractivity contribution in [1.82, 2.24) is 0 Å². The molecule has 0 spiro atoms. The van der Waals surface area contributed by atoms with Crippen LogP contribution in [0.15, 0.2) is 72.8 Å². The van der Waals surface area contributed by atoms with Crippen LogP contribution in [0, 0.1) is 0 Å². The summed E-state index contributed by atoms with van der Waals surface area (Å²) < 4.78 is 36.2. The average molecular weight is 653 g/mol. The average Bonchev–Trinajstić information content (AvgIpc) is 3.04. The Morgan fingerprint density at radius 1 is 0.739 bits per heavy atom. The number of ether oxygens (including phenoxy) is 2. The molecule has 0 saturated heterocycles. The quantitative estimate of drug-likeness (QED) is 0.0486. The molecule has 0 unspecified atom stereocenters. The molecule has 0 aliphatic carbocycles. The fraction of sp³-hybridized carbons (Fsp3) is 0.538. The second kappa shape index (κ2) is 22.4. The third-order valence-corrected chi connectivity index (χ3v) is 10.6. The summed E-state index contributed by atoms with van der Waals surface area (Å²) in [4.78, 5) is 24.6. The van der Waals surface area contributed by atoms with Crippen LogP contribution in [0.1, 0.15) is 127 Å². The Kier molecular flexibility index (Phi) is 18.9. The molecule has 2 aromatic rings. The minimum Gasteiger partial charge on any atom is -0.464 e. The number of sulfone groups is 1. The number of unbranched alkanes of at least 4 members (excludes halogenated alkanes) is 11. The van der Waals surface area contributed by atoms with Crippen molar-refractivity contribution in [3.05, 3.63) is 89.5 Å². The molecule has 0 bridgehead atoms. The highest BCUT2D eigenvalue weighted by molar-refractivity contribution is 7.92. The topological polar surface area (TPSA) is 86.7 Å². The van der Waals surface area contributed by atoms with Crippen molar-refractivity contribution >= 4 is 27.9 Å². The van der Waals surface area contributed by atoms with Gasteiger partial charge in [-0.3, -0.25) is 4.79 Å². The van der Waals surface area contributed by atoms with Crippen LogP contribution in [0.25, 0.3) is 6.08 Å². The summed E-state index contributed by atoms with van der Waals surface area (Å²) in [5, 5.41) is 0. The van der Waals surface area contributed by atoms with Gasteiger partial charge in [-0.15, -0.1) is 0 Å². The van der Waals surface area contributed by atoms with E-state index < -0.39 is 20.6 Å². The van der Waals surface area contributed by atoms with Crippen molar-refractivity contribution in [1.29, 1.82) is 0 Å². The van der Waals surface area contributed by atoms with E-state index in [1.54, 1.807) is 44.2 Å². The van der Waals surface area contributed by atoms with Crippen LogP contribution in [0.5, 0.6) is 0 Å². The third-order valence-electron chi connectivity index (χ3n) is 8.09. The molecule has 0 aliphatic rings. The van der Waals surface area contributed by atoms with Crippen molar-refractivity contribution in [2.75, 3.05) is 6.61 Å². The molecule has 0 fully saturated rings. The van der Waals surface area contributed by atoms with Crippen LogP contribution >= 0.6 is 0 Å². The maximum atomic E-state index is 13.4. The lowest BCUT2D eigenvalue weighted by molar-refractivity contribution is -0.144. The molecule has 0 aliphatic heterocycles. The van der Waals surface area contributed by atoms with Gasteiger partial charge in [-0.05, 0) is 68.7 Å². The van der Waals surface area contributed by atoms with Gasteiger partial charge in [0.2, 0.25) is 0 Å². The molecule has 6 nitrogen and oxygen atoms in total. The molecule has 0 heterocycles. The zero-order valence-corrected chi connectivity index (χ0v) is 29.2. The van der Waals surface area contributed by atoms with Gasteiger partial charge in [0, 0.05) is 12.5 Å². The lowest BCUT2D eigenvalue weighted by Gasteiger charge is -2.25. The predicted molar refractivity (Wildman–Crippen MR) is 189 cm³/mol. The number of carbonyl (C=O) groups is 2. The first-order chi connectivity index (χ1) is 22.1. The number of hydrogen-bond donors (Lipinski definition) is 0. The smallest absolute Gasteiger partial charge is 0.331 e. The first-order valence-electron chi connectivity index (χ1n) is 17.1. The standard InChI is InChI=1S/C39H56O6S/c1-4-5-6-7-8-9-10-11-12-13-14-15-16-17-21-28-37(40)45-33-39(2,3)46(42,43)32-36-27-23-22-26-35(36)29-30-38(41)44-31-34-24-19-18-20-25-34/h11-12,18-20,22-27,29-30H,4-10,13-17,21,28,31-33H2,1-3H3/b12-11-,30-29+. The molecule has 7 heteroatoms. The first-order valence-corrected chi connectivity index (χ1v) is 18.8. The van der Waals surface area contributed by atoms with E-state index in [1.165, 1.54) is 57.4 Å². The fourth-order valence-corrected chi connectivity index (χ4v) is 6.22. The lowest BCUT2D eigenvalue weighted by Crippen LogP contribution is -2.38. The normalized spacial score (nSPS) is 12.2. The summed E-state index contributed by atoms with van der Waals surface area (Å²) in [6, 6.07) is 16.4. The summed E-state index contributed by atoms with van der Waals surface area (Å²) in [5.74, 6) is -1.12. The van der Waals surface area contributed by atoms with Gasteiger partial charge >= 0.3 is 11.9 Å². The zero-order chi connectivity index (χ0) is 33.5. The first kappa shape index (κ1) is 39.0. The molecule has 0 saturated carbocycles.